The van der Waals surface area contributed by atoms with Crippen molar-refractivity contribution >= 4 is 23.2 Å². The van der Waals surface area contributed by atoms with Gasteiger partial charge < -0.3 is 5.32 Å². The molecule has 1 aromatic rings. The minimum atomic E-state index is -0.175. The third-order valence-corrected chi connectivity index (χ3v) is 1.74. The third-order valence-electron chi connectivity index (χ3n) is 1.41. The van der Waals surface area contributed by atoms with Gasteiger partial charge in [-0.25, -0.2) is 0 Å². The van der Waals surface area contributed by atoms with Gasteiger partial charge in [0.2, 0.25) is 5.91 Å². The van der Waals surface area contributed by atoms with Gasteiger partial charge >= 0.3 is 0 Å². The number of amides is 1. The lowest BCUT2D eigenvalue weighted by molar-refractivity contribution is -0.114. The van der Waals surface area contributed by atoms with Crippen LogP contribution in [0.3, 0.4) is 0 Å². The molecule has 0 saturated carbocycles. The summed E-state index contributed by atoms with van der Waals surface area (Å²) in [6.07, 6.45) is 0. The minimum absolute atomic E-state index is 0.175. The second kappa shape index (κ2) is 3.92. The number of hydrogen-bond donors (Lipinski definition) is 1. The largest absolute Gasteiger partial charge is 0.326 e. The first kappa shape index (κ1) is 9.56. The van der Waals surface area contributed by atoms with Crippen LogP contribution in [0.15, 0.2) is 18.2 Å². The monoisotopic (exact) mass is 194 g/mol. The van der Waals surface area contributed by atoms with Gasteiger partial charge in [0.15, 0.2) is 0 Å². The van der Waals surface area contributed by atoms with E-state index in [-0.39, 0.29) is 5.91 Å². The van der Waals surface area contributed by atoms with E-state index in [0.29, 0.717) is 16.3 Å². The van der Waals surface area contributed by atoms with Crippen LogP contribution < -0.4 is 5.32 Å². The highest BCUT2D eigenvalue weighted by molar-refractivity contribution is 6.31. The van der Waals surface area contributed by atoms with Crippen molar-refractivity contribution in [2.24, 2.45) is 0 Å². The molecule has 0 aromatic heterocycles. The van der Waals surface area contributed by atoms with Gasteiger partial charge in [-0.1, -0.05) is 11.6 Å². The standard InChI is InChI=1S/C9H7ClN2O/c1-6(13)12-8-2-3-9(10)7(4-8)5-11/h2-4H,1H3,(H,12,13). The lowest BCUT2D eigenvalue weighted by Crippen LogP contribution is -2.05. The zero-order chi connectivity index (χ0) is 9.84. The van der Waals surface area contributed by atoms with Crippen LogP contribution in [-0.4, -0.2) is 5.91 Å². The number of anilines is 1. The molecule has 0 saturated heterocycles. The Bertz CT molecular complexity index is 382. The predicted molar refractivity (Wildman–Crippen MR) is 50.5 cm³/mol. The number of nitrogens with one attached hydrogen (secondary N) is 1. The van der Waals surface area contributed by atoms with Crippen LogP contribution in [0.4, 0.5) is 5.69 Å². The highest BCUT2D eigenvalue weighted by Crippen LogP contribution is 2.19. The second-order valence-corrected chi connectivity index (χ2v) is 2.89. The Morgan fingerprint density at radius 2 is 2.31 bits per heavy atom. The molecular weight excluding hydrogens is 188 g/mol. The Morgan fingerprint density at radius 3 is 2.85 bits per heavy atom. The summed E-state index contributed by atoms with van der Waals surface area (Å²) in [7, 11) is 0. The SMILES string of the molecule is CC(=O)Nc1ccc(Cl)c(C#N)c1. The molecule has 13 heavy (non-hydrogen) atoms. The smallest absolute Gasteiger partial charge is 0.221 e. The van der Waals surface area contributed by atoms with Crippen LogP contribution in [0, 0.1) is 11.3 Å². The van der Waals surface area contributed by atoms with E-state index in [2.05, 4.69) is 5.32 Å². The van der Waals surface area contributed by atoms with E-state index in [4.69, 9.17) is 16.9 Å². The van der Waals surface area contributed by atoms with E-state index in [1.54, 1.807) is 12.1 Å². The molecule has 0 unspecified atom stereocenters. The summed E-state index contributed by atoms with van der Waals surface area (Å²) < 4.78 is 0. The maximum absolute atomic E-state index is 10.7. The summed E-state index contributed by atoms with van der Waals surface area (Å²) in [5.41, 5.74) is 0.932. The Kier molecular flexibility index (Phi) is 2.88. The number of nitriles is 1. The van der Waals surface area contributed by atoms with Crippen molar-refractivity contribution in [2.75, 3.05) is 5.32 Å². The molecule has 0 heterocycles. The molecule has 0 aliphatic carbocycles. The van der Waals surface area contributed by atoms with Gasteiger partial charge in [-0.05, 0) is 18.2 Å². The van der Waals surface area contributed by atoms with Crippen molar-refractivity contribution in [1.29, 1.82) is 5.26 Å². The van der Waals surface area contributed by atoms with Gasteiger partial charge in [-0.2, -0.15) is 5.26 Å². The molecule has 1 amide bonds. The summed E-state index contributed by atoms with van der Waals surface area (Å²) in [5.74, 6) is -0.175. The zero-order valence-electron chi connectivity index (χ0n) is 6.97. The number of rotatable bonds is 1. The van der Waals surface area contributed by atoms with Crippen molar-refractivity contribution in [3.05, 3.63) is 28.8 Å². The molecule has 0 aliphatic rings. The molecule has 1 aromatic carbocycles. The second-order valence-electron chi connectivity index (χ2n) is 2.49. The van der Waals surface area contributed by atoms with E-state index < -0.39 is 0 Å². The molecule has 3 nitrogen and oxygen atoms in total. The van der Waals surface area contributed by atoms with Crippen LogP contribution in [0.2, 0.25) is 5.02 Å². The number of nitrogens with zero attached hydrogens (tertiary/aromatic N) is 1. The Hall–Kier alpha value is -1.53. The van der Waals surface area contributed by atoms with E-state index in [0.717, 1.165) is 0 Å². The van der Waals surface area contributed by atoms with Crippen molar-refractivity contribution in [1.82, 2.24) is 0 Å². The van der Waals surface area contributed by atoms with Crippen molar-refractivity contribution < 1.29 is 4.79 Å². The molecule has 4 heteroatoms. The van der Waals surface area contributed by atoms with E-state index in [1.165, 1.54) is 13.0 Å². The Labute approximate surface area is 80.9 Å². The average molecular weight is 195 g/mol. The van der Waals surface area contributed by atoms with Crippen LogP contribution >= 0.6 is 11.6 Å². The number of carbonyl (C=O) groups is 1. The first-order valence-electron chi connectivity index (χ1n) is 3.60. The number of carbonyl (C=O) groups excluding carboxylic acids is 1. The molecule has 0 atom stereocenters. The first-order valence-corrected chi connectivity index (χ1v) is 3.98. The van der Waals surface area contributed by atoms with E-state index in [9.17, 15) is 4.79 Å². The summed E-state index contributed by atoms with van der Waals surface area (Å²) in [5, 5.41) is 11.6. The molecule has 66 valence electrons. The first-order chi connectivity index (χ1) is 6.13. The highest BCUT2D eigenvalue weighted by atomic mass is 35.5. The van der Waals surface area contributed by atoms with Crippen molar-refractivity contribution in [3.8, 4) is 6.07 Å². The number of hydrogen-bond acceptors (Lipinski definition) is 2. The van der Waals surface area contributed by atoms with Gasteiger partial charge in [-0.3, -0.25) is 4.79 Å². The molecule has 1 N–H and O–H groups in total. The van der Waals surface area contributed by atoms with Crippen LogP contribution in [0.1, 0.15) is 12.5 Å². The molecule has 0 bridgehead atoms. The summed E-state index contributed by atoms with van der Waals surface area (Å²) in [6, 6.07) is 6.68. The normalized spacial score (nSPS) is 9.00. The third kappa shape index (κ3) is 2.46. The topological polar surface area (TPSA) is 52.9 Å². The van der Waals surface area contributed by atoms with Crippen LogP contribution in [0.25, 0.3) is 0 Å². The molecule has 1 rings (SSSR count). The molecule has 0 aliphatic heterocycles. The van der Waals surface area contributed by atoms with Crippen molar-refractivity contribution in [3.63, 3.8) is 0 Å². The molecule has 0 fully saturated rings. The van der Waals surface area contributed by atoms with Crippen LogP contribution in [0.5, 0.6) is 0 Å². The maximum atomic E-state index is 10.7. The van der Waals surface area contributed by atoms with Crippen LogP contribution in [-0.2, 0) is 4.79 Å². The molecular formula is C9H7ClN2O. The Morgan fingerprint density at radius 1 is 1.62 bits per heavy atom. The highest BCUT2D eigenvalue weighted by Gasteiger charge is 2.01. The van der Waals surface area contributed by atoms with E-state index >= 15 is 0 Å². The van der Waals surface area contributed by atoms with Gasteiger partial charge in [0.05, 0.1) is 10.6 Å². The molecule has 0 radical (unpaired) electrons. The summed E-state index contributed by atoms with van der Waals surface area (Å²) in [4.78, 5) is 10.7. The lowest BCUT2D eigenvalue weighted by atomic mass is 10.2. The molecule has 0 spiro atoms. The van der Waals surface area contributed by atoms with E-state index in [1.807, 2.05) is 6.07 Å². The van der Waals surface area contributed by atoms with Gasteiger partial charge in [0.25, 0.3) is 0 Å². The quantitative estimate of drug-likeness (QED) is 0.745. The number of benzene rings is 1. The Balaban J connectivity index is 3.01. The number of halogens is 1. The zero-order valence-corrected chi connectivity index (χ0v) is 7.72. The van der Waals surface area contributed by atoms with Gasteiger partial charge in [-0.15, -0.1) is 0 Å². The van der Waals surface area contributed by atoms with Gasteiger partial charge in [0, 0.05) is 12.6 Å². The fourth-order valence-electron chi connectivity index (χ4n) is 0.892. The van der Waals surface area contributed by atoms with Gasteiger partial charge in [0.1, 0.15) is 6.07 Å². The average Bonchev–Trinajstić information content (AvgIpc) is 2.07. The summed E-state index contributed by atoms with van der Waals surface area (Å²) >= 11 is 5.70. The predicted octanol–water partition coefficient (Wildman–Crippen LogP) is 2.17. The minimum Gasteiger partial charge on any atom is -0.326 e. The van der Waals surface area contributed by atoms with Crippen molar-refractivity contribution in [2.45, 2.75) is 6.92 Å². The fraction of sp³-hybridized carbons (Fsp3) is 0.111. The summed E-state index contributed by atoms with van der Waals surface area (Å²) in [6.45, 7) is 1.40. The lowest BCUT2D eigenvalue weighted by Gasteiger charge is -2.02. The fourth-order valence-corrected chi connectivity index (χ4v) is 1.05. The maximum Gasteiger partial charge on any atom is 0.221 e.